The van der Waals surface area contributed by atoms with E-state index in [1.165, 1.54) is 4.31 Å². The van der Waals surface area contributed by atoms with Crippen LogP contribution < -0.4 is 4.72 Å². The van der Waals surface area contributed by atoms with E-state index in [1.807, 2.05) is 23.8 Å². The van der Waals surface area contributed by atoms with Gasteiger partial charge in [0.15, 0.2) is 0 Å². The third-order valence-corrected chi connectivity index (χ3v) is 5.91. The number of rotatable bonds is 5. The van der Waals surface area contributed by atoms with Crippen LogP contribution in [0.4, 0.5) is 0 Å². The van der Waals surface area contributed by atoms with Gasteiger partial charge in [0, 0.05) is 18.6 Å². The monoisotopic (exact) mass is 304 g/mol. The first kappa shape index (κ1) is 14.9. The van der Waals surface area contributed by atoms with E-state index in [0.717, 1.165) is 24.8 Å². The smallest absolute Gasteiger partial charge is 0.280 e. The minimum absolute atomic E-state index is 0.117. The van der Waals surface area contributed by atoms with Crippen molar-refractivity contribution < 1.29 is 13.5 Å². The molecular formula is C12H20N2O3S2. The molecule has 2 rings (SSSR count). The van der Waals surface area contributed by atoms with Crippen molar-refractivity contribution in [3.05, 3.63) is 22.4 Å². The van der Waals surface area contributed by atoms with Crippen LogP contribution in [0.25, 0.3) is 0 Å². The summed E-state index contributed by atoms with van der Waals surface area (Å²) in [5.74, 6) is 0. The molecule has 1 aliphatic rings. The molecule has 1 aliphatic heterocycles. The predicted molar refractivity (Wildman–Crippen MR) is 76.2 cm³/mol. The lowest BCUT2D eigenvalue weighted by Crippen LogP contribution is -2.50. The van der Waals surface area contributed by atoms with E-state index in [-0.39, 0.29) is 18.7 Å². The molecular weight excluding hydrogens is 284 g/mol. The topological polar surface area (TPSA) is 69.6 Å². The van der Waals surface area contributed by atoms with Gasteiger partial charge < -0.3 is 5.11 Å². The zero-order chi connectivity index (χ0) is 13.9. The van der Waals surface area contributed by atoms with Crippen LogP contribution in [-0.4, -0.2) is 37.0 Å². The van der Waals surface area contributed by atoms with Gasteiger partial charge in [-0.25, -0.2) is 0 Å². The molecule has 1 fully saturated rings. The highest BCUT2D eigenvalue weighted by molar-refractivity contribution is 7.87. The summed E-state index contributed by atoms with van der Waals surface area (Å²) in [4.78, 5) is 0. The highest BCUT2D eigenvalue weighted by Gasteiger charge is 2.32. The van der Waals surface area contributed by atoms with Crippen LogP contribution in [0, 0.1) is 0 Å². The first-order chi connectivity index (χ1) is 9.04. The molecule has 5 nitrogen and oxygen atoms in total. The maximum atomic E-state index is 12.4. The third kappa shape index (κ3) is 3.55. The van der Waals surface area contributed by atoms with Crippen molar-refractivity contribution in [1.82, 2.24) is 9.03 Å². The van der Waals surface area contributed by atoms with Gasteiger partial charge in [0.1, 0.15) is 0 Å². The quantitative estimate of drug-likeness (QED) is 0.866. The summed E-state index contributed by atoms with van der Waals surface area (Å²) in [7, 11) is -3.54. The van der Waals surface area contributed by atoms with Gasteiger partial charge in [-0.05, 0) is 42.2 Å². The van der Waals surface area contributed by atoms with Crippen molar-refractivity contribution in [2.75, 3.05) is 13.2 Å². The van der Waals surface area contributed by atoms with Crippen LogP contribution in [0.2, 0.25) is 0 Å². The fourth-order valence-corrected chi connectivity index (χ4v) is 4.76. The molecule has 1 saturated heterocycles. The number of aliphatic hydroxyl groups is 1. The zero-order valence-corrected chi connectivity index (χ0v) is 12.6. The molecule has 2 heterocycles. The number of aliphatic hydroxyl groups excluding tert-OH is 1. The van der Waals surface area contributed by atoms with E-state index in [0.29, 0.717) is 6.54 Å². The first-order valence-electron chi connectivity index (χ1n) is 6.46. The molecule has 108 valence electrons. The third-order valence-electron chi connectivity index (χ3n) is 3.46. The number of piperidine rings is 1. The molecule has 1 aromatic rings. The van der Waals surface area contributed by atoms with Crippen molar-refractivity contribution in [2.45, 2.75) is 38.3 Å². The molecule has 2 N–H and O–H groups in total. The number of nitrogens with one attached hydrogen (secondary N) is 1. The average Bonchev–Trinajstić information content (AvgIpc) is 2.92. The van der Waals surface area contributed by atoms with E-state index in [4.69, 9.17) is 0 Å². The fraction of sp³-hybridized carbons (Fsp3) is 0.667. The van der Waals surface area contributed by atoms with Crippen molar-refractivity contribution in [1.29, 1.82) is 0 Å². The van der Waals surface area contributed by atoms with E-state index in [1.54, 1.807) is 11.3 Å². The summed E-state index contributed by atoms with van der Waals surface area (Å²) in [6, 6.07) is 1.37. The Morgan fingerprint density at radius 3 is 3.00 bits per heavy atom. The van der Waals surface area contributed by atoms with Gasteiger partial charge >= 0.3 is 0 Å². The molecule has 19 heavy (non-hydrogen) atoms. The van der Waals surface area contributed by atoms with Gasteiger partial charge in [-0.1, -0.05) is 6.42 Å². The Kier molecular flexibility index (Phi) is 4.97. The number of nitrogens with zero attached hydrogens (tertiary/aromatic N) is 1. The maximum absolute atomic E-state index is 12.4. The van der Waals surface area contributed by atoms with Crippen LogP contribution in [0.5, 0.6) is 0 Å². The lowest BCUT2D eigenvalue weighted by molar-refractivity contribution is 0.153. The second-order valence-corrected chi connectivity index (χ2v) is 7.28. The fourth-order valence-electron chi connectivity index (χ4n) is 2.35. The summed E-state index contributed by atoms with van der Waals surface area (Å²) >= 11 is 1.55. The Labute approximate surface area is 118 Å². The van der Waals surface area contributed by atoms with Gasteiger partial charge in [0.05, 0.1) is 6.61 Å². The second-order valence-electron chi connectivity index (χ2n) is 4.84. The molecule has 7 heteroatoms. The van der Waals surface area contributed by atoms with E-state index in [9.17, 15) is 13.5 Å². The molecule has 0 saturated carbocycles. The molecule has 2 atom stereocenters. The zero-order valence-electron chi connectivity index (χ0n) is 10.9. The Bertz CT molecular complexity index is 487. The van der Waals surface area contributed by atoms with Crippen LogP contribution in [-0.2, 0) is 10.2 Å². The summed E-state index contributed by atoms with van der Waals surface area (Å²) in [5, 5.41) is 13.2. The summed E-state index contributed by atoms with van der Waals surface area (Å²) < 4.78 is 28.8. The number of hydrogen-bond donors (Lipinski definition) is 2. The predicted octanol–water partition coefficient (Wildman–Crippen LogP) is 1.49. The van der Waals surface area contributed by atoms with E-state index < -0.39 is 10.2 Å². The Balaban J connectivity index is 2.08. The summed E-state index contributed by atoms with van der Waals surface area (Å²) in [5.41, 5.74) is 0.964. The van der Waals surface area contributed by atoms with Crippen LogP contribution >= 0.6 is 11.3 Å². The normalized spacial score (nSPS) is 23.4. The van der Waals surface area contributed by atoms with Crippen molar-refractivity contribution in [3.63, 3.8) is 0 Å². The van der Waals surface area contributed by atoms with Crippen LogP contribution in [0.15, 0.2) is 16.8 Å². The van der Waals surface area contributed by atoms with Gasteiger partial charge in [0.25, 0.3) is 10.2 Å². The van der Waals surface area contributed by atoms with Crippen LogP contribution in [0.3, 0.4) is 0 Å². The Morgan fingerprint density at radius 2 is 2.37 bits per heavy atom. The molecule has 2 unspecified atom stereocenters. The number of thiophene rings is 1. The van der Waals surface area contributed by atoms with Crippen LogP contribution in [0.1, 0.15) is 37.8 Å². The highest BCUT2D eigenvalue weighted by Crippen LogP contribution is 2.22. The highest BCUT2D eigenvalue weighted by atomic mass is 32.2. The molecule has 1 aromatic heterocycles. The minimum atomic E-state index is -3.54. The standard InChI is InChI=1S/C12H20N2O3S2/c1-10(11-5-7-18-9-11)13-19(16,17)14-6-3-2-4-12(14)8-15/h5,7,9-10,12-13,15H,2-4,6,8H2,1H3. The lowest BCUT2D eigenvalue weighted by atomic mass is 10.1. The molecule has 0 spiro atoms. The average molecular weight is 304 g/mol. The SMILES string of the molecule is CC(NS(=O)(=O)N1CCCCC1CO)c1ccsc1. The van der Waals surface area contributed by atoms with Crippen molar-refractivity contribution in [2.24, 2.45) is 0 Å². The van der Waals surface area contributed by atoms with Gasteiger partial charge in [-0.3, -0.25) is 0 Å². The van der Waals surface area contributed by atoms with Crippen molar-refractivity contribution >= 4 is 21.5 Å². The Morgan fingerprint density at radius 1 is 1.58 bits per heavy atom. The molecule has 0 bridgehead atoms. The molecule has 0 amide bonds. The van der Waals surface area contributed by atoms with E-state index in [2.05, 4.69) is 4.72 Å². The number of hydrogen-bond acceptors (Lipinski definition) is 4. The van der Waals surface area contributed by atoms with Crippen molar-refractivity contribution in [3.8, 4) is 0 Å². The van der Waals surface area contributed by atoms with Gasteiger partial charge in [-0.2, -0.15) is 28.8 Å². The minimum Gasteiger partial charge on any atom is -0.395 e. The van der Waals surface area contributed by atoms with E-state index >= 15 is 0 Å². The second kappa shape index (κ2) is 6.32. The largest absolute Gasteiger partial charge is 0.395 e. The van der Waals surface area contributed by atoms with Gasteiger partial charge in [0.2, 0.25) is 0 Å². The first-order valence-corrected chi connectivity index (χ1v) is 8.85. The summed E-state index contributed by atoms with van der Waals surface area (Å²) in [6.07, 6.45) is 2.55. The maximum Gasteiger partial charge on any atom is 0.280 e. The Hall–Kier alpha value is -0.470. The molecule has 0 aromatic carbocycles. The molecule has 0 radical (unpaired) electrons. The lowest BCUT2D eigenvalue weighted by Gasteiger charge is -2.34. The molecule has 0 aliphatic carbocycles. The van der Waals surface area contributed by atoms with Gasteiger partial charge in [-0.15, -0.1) is 0 Å². The summed E-state index contributed by atoms with van der Waals surface area (Å²) in [6.45, 7) is 2.20.